The minimum Gasteiger partial charge on any atom is -0.454 e. The number of ether oxygens (including phenoxy) is 1. The van der Waals surface area contributed by atoms with Gasteiger partial charge in [0, 0.05) is 24.3 Å². The topological polar surface area (TPSA) is 98.5 Å². The zero-order valence-corrected chi connectivity index (χ0v) is 13.9. The predicted octanol–water partition coefficient (Wildman–Crippen LogP) is 1.96. The molecule has 1 aromatic rings. The highest BCUT2D eigenvalue weighted by molar-refractivity contribution is 7.99. The number of amides is 2. The molecule has 6 nitrogen and oxygen atoms in total. The Morgan fingerprint density at radius 1 is 1.21 bits per heavy atom. The normalized spacial score (nSPS) is 10.3. The molecule has 0 aliphatic heterocycles. The van der Waals surface area contributed by atoms with E-state index in [0.717, 1.165) is 23.9 Å². The van der Waals surface area contributed by atoms with Gasteiger partial charge in [-0.25, -0.2) is 8.78 Å². The van der Waals surface area contributed by atoms with Crippen molar-refractivity contribution in [1.29, 1.82) is 0 Å². The zero-order chi connectivity index (χ0) is 18.1. The third kappa shape index (κ3) is 6.53. The van der Waals surface area contributed by atoms with Crippen LogP contribution in [0.1, 0.15) is 36.5 Å². The molecule has 0 fully saturated rings. The maximum atomic E-state index is 13.4. The molecular weight excluding hydrogens is 342 g/mol. The van der Waals surface area contributed by atoms with E-state index >= 15 is 0 Å². The number of halogens is 2. The van der Waals surface area contributed by atoms with E-state index in [-0.39, 0.29) is 35.8 Å². The van der Waals surface area contributed by atoms with Crippen LogP contribution in [-0.4, -0.2) is 30.3 Å². The molecule has 9 heteroatoms. The largest absolute Gasteiger partial charge is 0.454 e. The molecule has 1 rings (SSSR count). The van der Waals surface area contributed by atoms with Crippen molar-refractivity contribution in [2.45, 2.75) is 31.1 Å². The molecule has 0 saturated heterocycles. The zero-order valence-electron chi connectivity index (χ0n) is 13.1. The molecule has 0 unspecified atom stereocenters. The van der Waals surface area contributed by atoms with E-state index in [2.05, 4.69) is 5.32 Å². The highest BCUT2D eigenvalue weighted by Gasteiger charge is 2.17. The quantitative estimate of drug-likeness (QED) is 0.398. The van der Waals surface area contributed by atoms with E-state index < -0.39 is 29.4 Å². The number of nitrogens with one attached hydrogen (secondary N) is 1. The fourth-order valence-corrected chi connectivity index (χ4v) is 2.47. The number of carbonyl (C=O) groups excluding carboxylic acids is 3. The van der Waals surface area contributed by atoms with Gasteiger partial charge in [-0.15, -0.1) is 0 Å². The first-order valence-electron chi connectivity index (χ1n) is 7.19. The van der Waals surface area contributed by atoms with Gasteiger partial charge < -0.3 is 15.8 Å². The van der Waals surface area contributed by atoms with Gasteiger partial charge in [-0.2, -0.15) is 0 Å². The first-order chi connectivity index (χ1) is 11.3. The van der Waals surface area contributed by atoms with Crippen molar-refractivity contribution >= 4 is 29.5 Å². The SMILES string of the molecule is CCCC(=O)OCSc1cc(F)c(F)cc1C(=O)NCCC(N)=O. The van der Waals surface area contributed by atoms with Crippen molar-refractivity contribution in [2.24, 2.45) is 5.73 Å². The molecule has 0 radical (unpaired) electrons. The monoisotopic (exact) mass is 360 g/mol. The predicted molar refractivity (Wildman–Crippen MR) is 84.2 cm³/mol. The van der Waals surface area contributed by atoms with Crippen LogP contribution in [0.4, 0.5) is 8.78 Å². The Hall–Kier alpha value is -2.16. The van der Waals surface area contributed by atoms with Gasteiger partial charge in [0.2, 0.25) is 5.91 Å². The Balaban J connectivity index is 2.78. The van der Waals surface area contributed by atoms with Gasteiger partial charge in [-0.05, 0) is 18.6 Å². The number of hydrogen-bond donors (Lipinski definition) is 2. The number of thioether (sulfide) groups is 1. The summed E-state index contributed by atoms with van der Waals surface area (Å²) in [6, 6.07) is 1.61. The second-order valence-corrected chi connectivity index (χ2v) is 5.73. The van der Waals surface area contributed by atoms with E-state index in [1.165, 1.54) is 0 Å². The number of esters is 1. The molecule has 2 amide bonds. The standard InChI is InChI=1S/C15H18F2N2O4S/c1-2-3-14(21)23-8-24-12-7-11(17)10(16)6-9(12)15(22)19-5-4-13(18)20/h6-7H,2-5,8H2,1H3,(H2,18,20)(H,19,22). The number of benzene rings is 1. The van der Waals surface area contributed by atoms with Gasteiger partial charge in [-0.3, -0.25) is 14.4 Å². The van der Waals surface area contributed by atoms with E-state index in [0.29, 0.717) is 6.42 Å². The van der Waals surface area contributed by atoms with Crippen molar-refractivity contribution in [3.05, 3.63) is 29.3 Å². The van der Waals surface area contributed by atoms with E-state index in [4.69, 9.17) is 10.5 Å². The van der Waals surface area contributed by atoms with Crippen LogP contribution in [0.25, 0.3) is 0 Å². The number of nitrogens with two attached hydrogens (primary N) is 1. The molecule has 0 atom stereocenters. The molecule has 0 heterocycles. The molecule has 24 heavy (non-hydrogen) atoms. The fourth-order valence-electron chi connectivity index (χ4n) is 1.65. The van der Waals surface area contributed by atoms with Crippen LogP contribution in [-0.2, 0) is 14.3 Å². The Morgan fingerprint density at radius 2 is 1.88 bits per heavy atom. The van der Waals surface area contributed by atoms with Crippen LogP contribution in [0.3, 0.4) is 0 Å². The third-order valence-electron chi connectivity index (χ3n) is 2.81. The molecule has 0 saturated carbocycles. The molecular formula is C15H18F2N2O4S. The van der Waals surface area contributed by atoms with Crippen LogP contribution in [0.5, 0.6) is 0 Å². The summed E-state index contributed by atoms with van der Waals surface area (Å²) in [7, 11) is 0. The van der Waals surface area contributed by atoms with Crippen molar-refractivity contribution in [2.75, 3.05) is 12.5 Å². The lowest BCUT2D eigenvalue weighted by molar-refractivity contribution is -0.141. The van der Waals surface area contributed by atoms with Gasteiger partial charge in [0.1, 0.15) is 5.94 Å². The van der Waals surface area contributed by atoms with Crippen LogP contribution >= 0.6 is 11.8 Å². The first kappa shape index (κ1) is 19.9. The molecule has 0 spiro atoms. The summed E-state index contributed by atoms with van der Waals surface area (Å²) in [5, 5.41) is 2.39. The summed E-state index contributed by atoms with van der Waals surface area (Å²) in [4.78, 5) is 34.1. The van der Waals surface area contributed by atoms with Crippen LogP contribution < -0.4 is 11.1 Å². The number of rotatable bonds is 9. The maximum Gasteiger partial charge on any atom is 0.306 e. The van der Waals surface area contributed by atoms with Crippen molar-refractivity contribution < 1.29 is 27.9 Å². The second kappa shape index (κ2) is 9.86. The lowest BCUT2D eigenvalue weighted by Gasteiger charge is -2.11. The number of hydrogen-bond acceptors (Lipinski definition) is 5. The van der Waals surface area contributed by atoms with Gasteiger partial charge in [0.25, 0.3) is 5.91 Å². The lowest BCUT2D eigenvalue weighted by atomic mass is 10.2. The summed E-state index contributed by atoms with van der Waals surface area (Å²) in [5.74, 6) is -4.13. The van der Waals surface area contributed by atoms with Gasteiger partial charge >= 0.3 is 5.97 Å². The van der Waals surface area contributed by atoms with Gasteiger partial charge in [0.15, 0.2) is 11.6 Å². The molecule has 0 aromatic heterocycles. The molecule has 3 N–H and O–H groups in total. The summed E-state index contributed by atoms with van der Waals surface area (Å²) >= 11 is 0.890. The number of carbonyl (C=O) groups is 3. The highest BCUT2D eigenvalue weighted by atomic mass is 32.2. The summed E-state index contributed by atoms with van der Waals surface area (Å²) in [6.07, 6.45) is 0.799. The molecule has 0 aliphatic carbocycles. The number of primary amides is 1. The van der Waals surface area contributed by atoms with E-state index in [9.17, 15) is 23.2 Å². The third-order valence-corrected chi connectivity index (χ3v) is 3.70. The Bertz CT molecular complexity index is 626. The summed E-state index contributed by atoms with van der Waals surface area (Å²) in [6.45, 7) is 1.79. The van der Waals surface area contributed by atoms with Gasteiger partial charge in [-0.1, -0.05) is 18.7 Å². The smallest absolute Gasteiger partial charge is 0.306 e. The highest BCUT2D eigenvalue weighted by Crippen LogP contribution is 2.26. The van der Waals surface area contributed by atoms with Crippen LogP contribution in [0.2, 0.25) is 0 Å². The van der Waals surface area contributed by atoms with Crippen molar-refractivity contribution in [3.8, 4) is 0 Å². The fraction of sp³-hybridized carbons (Fsp3) is 0.400. The Morgan fingerprint density at radius 3 is 2.50 bits per heavy atom. The van der Waals surface area contributed by atoms with Crippen molar-refractivity contribution in [1.82, 2.24) is 5.32 Å². The molecule has 1 aromatic carbocycles. The first-order valence-corrected chi connectivity index (χ1v) is 8.17. The second-order valence-electron chi connectivity index (χ2n) is 4.76. The van der Waals surface area contributed by atoms with Crippen LogP contribution in [0.15, 0.2) is 17.0 Å². The minimum atomic E-state index is -1.18. The van der Waals surface area contributed by atoms with Crippen molar-refractivity contribution in [3.63, 3.8) is 0 Å². The lowest BCUT2D eigenvalue weighted by Crippen LogP contribution is -2.28. The van der Waals surface area contributed by atoms with Gasteiger partial charge in [0.05, 0.1) is 5.56 Å². The minimum absolute atomic E-state index is 0.0250. The molecule has 132 valence electrons. The van der Waals surface area contributed by atoms with E-state index in [1.807, 2.05) is 6.92 Å². The average molecular weight is 360 g/mol. The Kier molecular flexibility index (Phi) is 8.17. The summed E-state index contributed by atoms with van der Waals surface area (Å²) < 4.78 is 31.7. The maximum absolute atomic E-state index is 13.4. The summed E-state index contributed by atoms with van der Waals surface area (Å²) in [5.41, 5.74) is 4.84. The van der Waals surface area contributed by atoms with Crippen LogP contribution in [0, 0.1) is 11.6 Å². The average Bonchev–Trinajstić information content (AvgIpc) is 2.50. The molecule has 0 aliphatic rings. The van der Waals surface area contributed by atoms with E-state index in [1.54, 1.807) is 0 Å². The Labute approximate surface area is 142 Å². The molecule has 0 bridgehead atoms.